The lowest BCUT2D eigenvalue weighted by molar-refractivity contribution is 0.151. The molecule has 4 heteroatoms. The van der Waals surface area contributed by atoms with Crippen molar-refractivity contribution in [3.05, 3.63) is 35.4 Å². The second-order valence-electron chi connectivity index (χ2n) is 5.62. The summed E-state index contributed by atoms with van der Waals surface area (Å²) in [6.07, 6.45) is 1.59. The van der Waals surface area contributed by atoms with Crippen molar-refractivity contribution in [1.82, 2.24) is 10.2 Å². The first-order valence-electron chi connectivity index (χ1n) is 7.48. The average Bonchev–Trinajstić information content (AvgIpc) is 2.48. The monoisotopic (exact) mass is 282 g/mol. The second kappa shape index (κ2) is 7.70. The van der Waals surface area contributed by atoms with Crippen molar-refractivity contribution in [2.45, 2.75) is 45.2 Å². The maximum atomic E-state index is 12.4. The molecule has 1 aliphatic heterocycles. The summed E-state index contributed by atoms with van der Waals surface area (Å²) in [5.41, 5.74) is 1.15. The van der Waals surface area contributed by atoms with Crippen LogP contribution in [0.2, 0.25) is 0 Å². The molecule has 2 rings (SSSR count). The zero-order valence-electron chi connectivity index (χ0n) is 12.1. The number of halogens is 2. The van der Waals surface area contributed by atoms with E-state index < -0.39 is 6.43 Å². The molecule has 0 amide bonds. The summed E-state index contributed by atoms with van der Waals surface area (Å²) in [5, 5.41) is 3.42. The van der Waals surface area contributed by atoms with Gasteiger partial charge in [-0.15, -0.1) is 0 Å². The van der Waals surface area contributed by atoms with Gasteiger partial charge in [-0.25, -0.2) is 8.78 Å². The molecule has 0 bridgehead atoms. The van der Waals surface area contributed by atoms with Gasteiger partial charge in [-0.3, -0.25) is 4.90 Å². The Balaban J connectivity index is 1.72. The van der Waals surface area contributed by atoms with E-state index in [1.807, 2.05) is 0 Å². The summed E-state index contributed by atoms with van der Waals surface area (Å²) in [5.74, 6) is 0. The van der Waals surface area contributed by atoms with E-state index in [-0.39, 0.29) is 5.56 Å². The fraction of sp³-hybridized carbons (Fsp3) is 0.625. The first-order valence-corrected chi connectivity index (χ1v) is 7.48. The molecular formula is C16H24F2N2. The Morgan fingerprint density at radius 1 is 1.10 bits per heavy atom. The molecule has 0 saturated carbocycles. The van der Waals surface area contributed by atoms with Gasteiger partial charge in [-0.2, -0.15) is 0 Å². The summed E-state index contributed by atoms with van der Waals surface area (Å²) in [6.45, 7) is 6.33. The van der Waals surface area contributed by atoms with Crippen LogP contribution in [0, 0.1) is 0 Å². The molecule has 0 aliphatic carbocycles. The smallest absolute Gasteiger partial charge is 0.263 e. The van der Waals surface area contributed by atoms with Crippen LogP contribution in [0.4, 0.5) is 8.78 Å². The summed E-state index contributed by atoms with van der Waals surface area (Å²) >= 11 is 0. The second-order valence-corrected chi connectivity index (χ2v) is 5.62. The zero-order valence-corrected chi connectivity index (χ0v) is 12.1. The number of hydrogen-bond donors (Lipinski definition) is 1. The summed E-state index contributed by atoms with van der Waals surface area (Å²) in [6, 6.07) is 7.11. The summed E-state index contributed by atoms with van der Waals surface area (Å²) in [7, 11) is 0. The van der Waals surface area contributed by atoms with E-state index >= 15 is 0 Å². The SMILES string of the molecule is CC(CNCc1ccc(C(F)F)cc1)N1CCCCC1. The standard InChI is InChI=1S/C16H24F2N2/c1-13(20-9-3-2-4-10-20)11-19-12-14-5-7-15(8-6-14)16(17)18/h5-8,13,16,19H,2-4,9-12H2,1H3. The molecule has 0 aromatic heterocycles. The Kier molecular flexibility index (Phi) is 5.92. The molecule has 2 nitrogen and oxygen atoms in total. The predicted octanol–water partition coefficient (Wildman–Crippen LogP) is 3.59. The van der Waals surface area contributed by atoms with Gasteiger partial charge in [0.1, 0.15) is 0 Å². The third kappa shape index (κ3) is 4.53. The predicted molar refractivity (Wildman–Crippen MR) is 78.0 cm³/mol. The minimum atomic E-state index is -2.38. The topological polar surface area (TPSA) is 15.3 Å². The van der Waals surface area contributed by atoms with Gasteiger partial charge in [-0.05, 0) is 38.4 Å². The van der Waals surface area contributed by atoms with Crippen LogP contribution in [0.15, 0.2) is 24.3 Å². The molecule has 1 atom stereocenters. The number of hydrogen-bond acceptors (Lipinski definition) is 2. The first-order chi connectivity index (χ1) is 9.66. The molecular weight excluding hydrogens is 258 g/mol. The highest BCUT2D eigenvalue weighted by Crippen LogP contribution is 2.18. The Hall–Kier alpha value is -1.00. The van der Waals surface area contributed by atoms with E-state index in [4.69, 9.17) is 0 Å². The zero-order chi connectivity index (χ0) is 14.4. The van der Waals surface area contributed by atoms with E-state index in [0.29, 0.717) is 6.04 Å². The van der Waals surface area contributed by atoms with Crippen molar-refractivity contribution in [2.75, 3.05) is 19.6 Å². The number of rotatable bonds is 6. The molecule has 1 aromatic rings. The average molecular weight is 282 g/mol. The van der Waals surface area contributed by atoms with Gasteiger partial charge >= 0.3 is 0 Å². The van der Waals surface area contributed by atoms with Gasteiger partial charge in [0.2, 0.25) is 0 Å². The summed E-state index contributed by atoms with van der Waals surface area (Å²) < 4.78 is 24.9. The number of alkyl halides is 2. The quantitative estimate of drug-likeness (QED) is 0.858. The number of likely N-dealkylation sites (tertiary alicyclic amines) is 1. The summed E-state index contributed by atoms with van der Waals surface area (Å²) in [4.78, 5) is 2.52. The maximum Gasteiger partial charge on any atom is 0.263 e. The lowest BCUT2D eigenvalue weighted by Gasteiger charge is -2.32. The molecule has 0 radical (unpaired) electrons. The van der Waals surface area contributed by atoms with Crippen LogP contribution in [-0.2, 0) is 6.54 Å². The van der Waals surface area contributed by atoms with Gasteiger partial charge < -0.3 is 5.32 Å². The van der Waals surface area contributed by atoms with E-state index in [1.54, 1.807) is 12.1 Å². The Morgan fingerprint density at radius 2 is 1.75 bits per heavy atom. The highest BCUT2D eigenvalue weighted by Gasteiger charge is 2.15. The molecule has 1 heterocycles. The minimum absolute atomic E-state index is 0.0930. The molecule has 1 aromatic carbocycles. The maximum absolute atomic E-state index is 12.4. The molecule has 1 N–H and O–H groups in total. The molecule has 1 fully saturated rings. The molecule has 0 spiro atoms. The Morgan fingerprint density at radius 3 is 2.35 bits per heavy atom. The fourth-order valence-electron chi connectivity index (χ4n) is 2.69. The van der Waals surface area contributed by atoms with Gasteiger partial charge in [-0.1, -0.05) is 30.7 Å². The van der Waals surface area contributed by atoms with Crippen LogP contribution in [0.1, 0.15) is 43.7 Å². The van der Waals surface area contributed by atoms with Gasteiger partial charge in [0.25, 0.3) is 6.43 Å². The number of piperidine rings is 1. The number of nitrogens with zero attached hydrogens (tertiary/aromatic N) is 1. The van der Waals surface area contributed by atoms with E-state index in [0.717, 1.165) is 18.7 Å². The molecule has 20 heavy (non-hydrogen) atoms. The highest BCUT2D eigenvalue weighted by molar-refractivity contribution is 5.23. The third-order valence-corrected chi connectivity index (χ3v) is 4.01. The minimum Gasteiger partial charge on any atom is -0.311 e. The molecule has 112 valence electrons. The largest absolute Gasteiger partial charge is 0.311 e. The van der Waals surface area contributed by atoms with E-state index in [1.165, 1.54) is 44.5 Å². The number of benzene rings is 1. The van der Waals surface area contributed by atoms with Crippen LogP contribution in [0.3, 0.4) is 0 Å². The van der Waals surface area contributed by atoms with Crippen LogP contribution in [0.5, 0.6) is 0 Å². The third-order valence-electron chi connectivity index (χ3n) is 4.01. The van der Waals surface area contributed by atoms with Crippen molar-refractivity contribution in [1.29, 1.82) is 0 Å². The Bertz CT molecular complexity index is 386. The Labute approximate surface area is 120 Å². The fourth-order valence-corrected chi connectivity index (χ4v) is 2.69. The lowest BCUT2D eigenvalue weighted by atomic mass is 10.1. The van der Waals surface area contributed by atoms with Gasteiger partial charge in [0.15, 0.2) is 0 Å². The van der Waals surface area contributed by atoms with Crippen molar-refractivity contribution >= 4 is 0 Å². The van der Waals surface area contributed by atoms with Crippen LogP contribution < -0.4 is 5.32 Å². The first kappa shape index (κ1) is 15.4. The number of nitrogens with one attached hydrogen (secondary N) is 1. The van der Waals surface area contributed by atoms with Gasteiger partial charge in [0.05, 0.1) is 0 Å². The van der Waals surface area contributed by atoms with Crippen molar-refractivity contribution in [3.8, 4) is 0 Å². The van der Waals surface area contributed by atoms with Crippen LogP contribution >= 0.6 is 0 Å². The van der Waals surface area contributed by atoms with Crippen molar-refractivity contribution in [3.63, 3.8) is 0 Å². The van der Waals surface area contributed by atoms with Crippen LogP contribution in [0.25, 0.3) is 0 Å². The van der Waals surface area contributed by atoms with E-state index in [9.17, 15) is 8.78 Å². The molecule has 1 aliphatic rings. The highest BCUT2D eigenvalue weighted by atomic mass is 19.3. The lowest BCUT2D eigenvalue weighted by Crippen LogP contribution is -2.42. The van der Waals surface area contributed by atoms with E-state index in [2.05, 4.69) is 17.1 Å². The van der Waals surface area contributed by atoms with Crippen molar-refractivity contribution in [2.24, 2.45) is 0 Å². The molecule has 1 saturated heterocycles. The molecule has 1 unspecified atom stereocenters. The normalized spacial score (nSPS) is 18.4. The van der Waals surface area contributed by atoms with Crippen molar-refractivity contribution < 1.29 is 8.78 Å². The van der Waals surface area contributed by atoms with Gasteiger partial charge in [0, 0.05) is 24.7 Å². The van der Waals surface area contributed by atoms with Crippen LogP contribution in [-0.4, -0.2) is 30.6 Å².